The largest absolute Gasteiger partial charge is 0.453 e. The van der Waals surface area contributed by atoms with Crippen molar-refractivity contribution >= 4 is 26.8 Å². The molecule has 0 saturated carbocycles. The number of hydrogen-bond acceptors (Lipinski definition) is 2. The van der Waals surface area contributed by atoms with Gasteiger partial charge in [0.15, 0.2) is 11.6 Å². The second-order valence-corrected chi connectivity index (χ2v) is 5.91. The third-order valence-corrected chi connectivity index (χ3v) is 4.40. The molecule has 0 amide bonds. The van der Waals surface area contributed by atoms with Gasteiger partial charge in [0, 0.05) is 35.6 Å². The van der Waals surface area contributed by atoms with Crippen molar-refractivity contribution in [2.24, 2.45) is 0 Å². The fraction of sp³-hybridized carbons (Fsp3) is 0. The molecule has 4 nitrogen and oxygen atoms in total. The third-order valence-electron chi connectivity index (χ3n) is 3.61. The number of hydrogen-bond donors (Lipinski definition) is 2. The third kappa shape index (κ3) is 2.46. The fourth-order valence-corrected chi connectivity index (χ4v) is 3.10. The standard InChI is InChI=1S/C17H10BrF2N3O/c18-15-10-3-4-21-14(10)8-13(20)16(15)24-9-1-2-12(19)11(7-9)17-22-5-6-23-17/h1-8,21H,(H,22,23). The molecule has 0 aliphatic carbocycles. The maximum atomic E-state index is 14.3. The van der Waals surface area contributed by atoms with Crippen LogP contribution in [0.15, 0.2) is 53.4 Å². The summed E-state index contributed by atoms with van der Waals surface area (Å²) in [4.78, 5) is 9.80. The molecule has 0 radical (unpaired) electrons. The van der Waals surface area contributed by atoms with E-state index in [1.54, 1.807) is 12.4 Å². The Hall–Kier alpha value is -2.67. The van der Waals surface area contributed by atoms with E-state index in [1.165, 1.54) is 30.5 Å². The van der Waals surface area contributed by atoms with Gasteiger partial charge in [0.25, 0.3) is 0 Å². The Morgan fingerprint density at radius 3 is 2.67 bits per heavy atom. The molecule has 2 N–H and O–H groups in total. The minimum atomic E-state index is -0.527. The average Bonchev–Trinajstić information content (AvgIpc) is 3.24. The van der Waals surface area contributed by atoms with Crippen LogP contribution in [0.4, 0.5) is 8.78 Å². The lowest BCUT2D eigenvalue weighted by Gasteiger charge is -2.11. The molecule has 120 valence electrons. The molecule has 0 aliphatic rings. The van der Waals surface area contributed by atoms with Gasteiger partial charge in [0.2, 0.25) is 0 Å². The summed E-state index contributed by atoms with van der Waals surface area (Å²) < 4.78 is 34.5. The molecule has 0 bridgehead atoms. The number of nitrogens with zero attached hydrogens (tertiary/aromatic N) is 1. The van der Waals surface area contributed by atoms with E-state index in [-0.39, 0.29) is 11.3 Å². The number of aromatic nitrogens is 3. The van der Waals surface area contributed by atoms with E-state index in [0.29, 0.717) is 21.6 Å². The molecule has 0 spiro atoms. The highest BCUT2D eigenvalue weighted by Gasteiger charge is 2.16. The van der Waals surface area contributed by atoms with Crippen LogP contribution in [0.25, 0.3) is 22.3 Å². The van der Waals surface area contributed by atoms with Gasteiger partial charge < -0.3 is 14.7 Å². The number of imidazole rings is 1. The molecule has 2 heterocycles. The van der Waals surface area contributed by atoms with Gasteiger partial charge in [0.05, 0.1) is 10.0 Å². The van der Waals surface area contributed by atoms with Gasteiger partial charge in [-0.25, -0.2) is 13.8 Å². The lowest BCUT2D eigenvalue weighted by Crippen LogP contribution is -1.93. The molecule has 0 aliphatic heterocycles. The number of rotatable bonds is 3. The number of ether oxygens (including phenoxy) is 1. The van der Waals surface area contributed by atoms with Crippen molar-refractivity contribution < 1.29 is 13.5 Å². The van der Waals surface area contributed by atoms with E-state index < -0.39 is 11.6 Å². The highest BCUT2D eigenvalue weighted by atomic mass is 79.9. The molecule has 0 atom stereocenters. The van der Waals surface area contributed by atoms with Gasteiger partial charge in [0.1, 0.15) is 17.4 Å². The maximum Gasteiger partial charge on any atom is 0.177 e. The molecule has 24 heavy (non-hydrogen) atoms. The van der Waals surface area contributed by atoms with Gasteiger partial charge in [-0.2, -0.15) is 0 Å². The average molecular weight is 390 g/mol. The van der Waals surface area contributed by atoms with Crippen molar-refractivity contribution in [2.45, 2.75) is 0 Å². The second-order valence-electron chi connectivity index (χ2n) is 5.12. The number of fused-ring (bicyclic) bond motifs is 1. The van der Waals surface area contributed by atoms with Crippen molar-refractivity contribution in [3.63, 3.8) is 0 Å². The van der Waals surface area contributed by atoms with Crippen LogP contribution in [-0.4, -0.2) is 15.0 Å². The molecule has 0 unspecified atom stereocenters. The summed E-state index contributed by atoms with van der Waals surface area (Å²) in [5.41, 5.74) is 0.902. The molecular weight excluding hydrogens is 380 g/mol. The zero-order valence-corrected chi connectivity index (χ0v) is 13.7. The fourth-order valence-electron chi connectivity index (χ4n) is 2.49. The predicted octanol–water partition coefficient (Wildman–Crippen LogP) is 5.39. The van der Waals surface area contributed by atoms with Crippen LogP contribution >= 0.6 is 15.9 Å². The number of halogens is 3. The first-order valence-electron chi connectivity index (χ1n) is 7.06. The Labute approximate surface area is 143 Å². The number of benzene rings is 2. The summed E-state index contributed by atoms with van der Waals surface area (Å²) >= 11 is 3.36. The second kappa shape index (κ2) is 5.76. The topological polar surface area (TPSA) is 53.7 Å². The van der Waals surface area contributed by atoms with E-state index in [4.69, 9.17) is 4.74 Å². The first kappa shape index (κ1) is 14.9. The van der Waals surface area contributed by atoms with E-state index >= 15 is 0 Å². The van der Waals surface area contributed by atoms with Crippen LogP contribution in [0.5, 0.6) is 11.5 Å². The zero-order valence-electron chi connectivity index (χ0n) is 12.1. The summed E-state index contributed by atoms with van der Waals surface area (Å²) in [6.45, 7) is 0. The molecule has 2 aromatic carbocycles. The van der Waals surface area contributed by atoms with Crippen molar-refractivity contribution in [3.05, 3.63) is 65.0 Å². The van der Waals surface area contributed by atoms with Crippen LogP contribution in [0.2, 0.25) is 0 Å². The zero-order chi connectivity index (χ0) is 16.7. The molecule has 4 aromatic rings. The highest BCUT2D eigenvalue weighted by molar-refractivity contribution is 9.10. The van der Waals surface area contributed by atoms with Crippen LogP contribution < -0.4 is 4.74 Å². The molecule has 2 aromatic heterocycles. The quantitative estimate of drug-likeness (QED) is 0.493. The smallest absolute Gasteiger partial charge is 0.177 e. The van der Waals surface area contributed by atoms with Crippen molar-refractivity contribution in [2.75, 3.05) is 0 Å². The van der Waals surface area contributed by atoms with Gasteiger partial charge in [-0.15, -0.1) is 0 Å². The van der Waals surface area contributed by atoms with Crippen molar-refractivity contribution in [3.8, 4) is 22.9 Å². The molecule has 7 heteroatoms. The number of H-pyrrole nitrogens is 2. The Morgan fingerprint density at radius 1 is 1.00 bits per heavy atom. The Kier molecular flexibility index (Phi) is 3.57. The van der Waals surface area contributed by atoms with Crippen molar-refractivity contribution in [1.29, 1.82) is 0 Å². The Morgan fingerprint density at radius 2 is 1.88 bits per heavy atom. The summed E-state index contributed by atoms with van der Waals surface area (Å²) in [5, 5.41) is 0.791. The van der Waals surface area contributed by atoms with E-state index in [1.807, 2.05) is 6.07 Å². The number of aromatic amines is 2. The highest BCUT2D eigenvalue weighted by Crippen LogP contribution is 2.38. The lowest BCUT2D eigenvalue weighted by atomic mass is 10.2. The normalized spacial score (nSPS) is 11.1. The minimum Gasteiger partial charge on any atom is -0.453 e. The van der Waals surface area contributed by atoms with Crippen LogP contribution in [0, 0.1) is 11.6 Å². The summed E-state index contributed by atoms with van der Waals surface area (Å²) in [6.07, 6.45) is 4.84. The number of nitrogens with one attached hydrogen (secondary N) is 2. The van der Waals surface area contributed by atoms with E-state index in [2.05, 4.69) is 30.9 Å². The van der Waals surface area contributed by atoms with Gasteiger partial charge in [-0.05, 0) is 40.2 Å². The van der Waals surface area contributed by atoms with Crippen LogP contribution in [0.1, 0.15) is 0 Å². The van der Waals surface area contributed by atoms with E-state index in [0.717, 1.165) is 5.39 Å². The lowest BCUT2D eigenvalue weighted by molar-refractivity contribution is 0.439. The Bertz CT molecular complexity index is 1030. The predicted molar refractivity (Wildman–Crippen MR) is 90.0 cm³/mol. The summed E-state index contributed by atoms with van der Waals surface area (Å²) in [7, 11) is 0. The maximum absolute atomic E-state index is 14.3. The minimum absolute atomic E-state index is 0.0408. The first-order chi connectivity index (χ1) is 11.6. The van der Waals surface area contributed by atoms with Gasteiger partial charge in [-0.3, -0.25) is 0 Å². The Balaban J connectivity index is 1.78. The van der Waals surface area contributed by atoms with Crippen LogP contribution in [-0.2, 0) is 0 Å². The monoisotopic (exact) mass is 389 g/mol. The van der Waals surface area contributed by atoms with Crippen molar-refractivity contribution in [1.82, 2.24) is 15.0 Å². The summed E-state index contributed by atoms with van der Waals surface area (Å²) in [6, 6.07) is 7.33. The van der Waals surface area contributed by atoms with E-state index in [9.17, 15) is 8.78 Å². The SMILES string of the molecule is Fc1ccc(Oc2c(F)cc3[nH]ccc3c2Br)cc1-c1ncc[nH]1. The molecule has 4 rings (SSSR count). The van der Waals surface area contributed by atoms with Gasteiger partial charge in [-0.1, -0.05) is 0 Å². The summed E-state index contributed by atoms with van der Waals surface area (Å²) in [5.74, 6) is -0.256. The molecule has 0 saturated heterocycles. The van der Waals surface area contributed by atoms with Gasteiger partial charge >= 0.3 is 0 Å². The molecular formula is C17H10BrF2N3O. The van der Waals surface area contributed by atoms with Crippen LogP contribution in [0.3, 0.4) is 0 Å². The first-order valence-corrected chi connectivity index (χ1v) is 7.85. The molecule has 0 fully saturated rings.